The second-order valence-electron chi connectivity index (χ2n) is 6.85. The molecule has 1 aliphatic rings. The number of aromatic hydroxyl groups is 1. The molecular formula is C18H24N4O3. The maximum Gasteiger partial charge on any atom is 0.255 e. The third-order valence-electron chi connectivity index (χ3n) is 4.70. The highest BCUT2D eigenvalue weighted by Crippen LogP contribution is 2.27. The third-order valence-corrected chi connectivity index (χ3v) is 4.70. The Morgan fingerprint density at radius 3 is 2.84 bits per heavy atom. The molecule has 3 N–H and O–H groups in total. The van der Waals surface area contributed by atoms with Gasteiger partial charge in [0.15, 0.2) is 0 Å². The summed E-state index contributed by atoms with van der Waals surface area (Å²) in [7, 11) is 0. The van der Waals surface area contributed by atoms with Crippen LogP contribution in [-0.4, -0.2) is 36.6 Å². The van der Waals surface area contributed by atoms with E-state index in [1.54, 1.807) is 13.1 Å². The van der Waals surface area contributed by atoms with Gasteiger partial charge in [-0.3, -0.25) is 14.7 Å². The van der Waals surface area contributed by atoms with Crippen molar-refractivity contribution in [2.45, 2.75) is 52.8 Å². The van der Waals surface area contributed by atoms with Gasteiger partial charge in [-0.05, 0) is 6.92 Å². The molecule has 0 spiro atoms. The third kappa shape index (κ3) is 3.43. The highest BCUT2D eigenvalue weighted by Gasteiger charge is 2.23. The van der Waals surface area contributed by atoms with E-state index in [0.717, 1.165) is 18.1 Å². The van der Waals surface area contributed by atoms with Crippen molar-refractivity contribution in [3.63, 3.8) is 0 Å². The number of nitrogens with zero attached hydrogens (tertiary/aromatic N) is 3. The van der Waals surface area contributed by atoms with Gasteiger partial charge in [0, 0.05) is 49.3 Å². The minimum Gasteiger partial charge on any atom is -0.506 e. The van der Waals surface area contributed by atoms with Gasteiger partial charge < -0.3 is 15.2 Å². The lowest BCUT2D eigenvalue weighted by atomic mass is 10.0. The van der Waals surface area contributed by atoms with Crippen LogP contribution in [0.4, 0.5) is 0 Å². The first-order valence-corrected chi connectivity index (χ1v) is 8.52. The lowest BCUT2D eigenvalue weighted by molar-refractivity contribution is 0.231. The van der Waals surface area contributed by atoms with Crippen molar-refractivity contribution >= 4 is 0 Å². The van der Waals surface area contributed by atoms with E-state index in [0.29, 0.717) is 41.9 Å². The molecule has 3 heterocycles. The molecule has 134 valence electrons. The number of aryl methyl sites for hydroxylation is 1. The van der Waals surface area contributed by atoms with Crippen molar-refractivity contribution in [1.29, 1.82) is 0 Å². The zero-order valence-electron chi connectivity index (χ0n) is 14.8. The molecule has 0 bridgehead atoms. The van der Waals surface area contributed by atoms with E-state index in [4.69, 9.17) is 0 Å². The van der Waals surface area contributed by atoms with Crippen LogP contribution in [0.2, 0.25) is 0 Å². The number of H-pyrrole nitrogens is 1. The molecule has 0 saturated carbocycles. The van der Waals surface area contributed by atoms with Gasteiger partial charge in [0.05, 0.1) is 23.6 Å². The number of pyridine rings is 1. The van der Waals surface area contributed by atoms with Crippen molar-refractivity contribution in [2.75, 3.05) is 6.54 Å². The van der Waals surface area contributed by atoms with E-state index in [-0.39, 0.29) is 23.8 Å². The van der Waals surface area contributed by atoms with E-state index in [1.807, 2.05) is 13.8 Å². The first-order chi connectivity index (χ1) is 11.9. The fourth-order valence-electron chi connectivity index (χ4n) is 3.13. The predicted molar refractivity (Wildman–Crippen MR) is 93.3 cm³/mol. The summed E-state index contributed by atoms with van der Waals surface area (Å²) in [5.74, 6) is 1.02. The summed E-state index contributed by atoms with van der Waals surface area (Å²) in [5.41, 5.74) is 3.27. The van der Waals surface area contributed by atoms with Gasteiger partial charge >= 0.3 is 0 Å². The fraction of sp³-hybridized carbons (Fsp3) is 0.500. The monoisotopic (exact) mass is 344 g/mol. The second-order valence-corrected chi connectivity index (χ2v) is 6.85. The second kappa shape index (κ2) is 6.93. The minimum atomic E-state index is -0.180. The van der Waals surface area contributed by atoms with Crippen LogP contribution < -0.4 is 5.56 Å². The molecule has 0 atom stereocenters. The zero-order chi connectivity index (χ0) is 18.1. The van der Waals surface area contributed by atoms with E-state index >= 15 is 0 Å². The van der Waals surface area contributed by atoms with E-state index in [9.17, 15) is 15.0 Å². The van der Waals surface area contributed by atoms with E-state index < -0.39 is 0 Å². The molecule has 25 heavy (non-hydrogen) atoms. The van der Waals surface area contributed by atoms with Crippen molar-refractivity contribution in [3.05, 3.63) is 50.5 Å². The maximum atomic E-state index is 12.4. The van der Waals surface area contributed by atoms with E-state index in [2.05, 4.69) is 19.9 Å². The Labute approximate surface area is 146 Å². The fourth-order valence-corrected chi connectivity index (χ4v) is 3.13. The lowest BCUT2D eigenvalue weighted by Gasteiger charge is -2.29. The molecule has 3 rings (SSSR count). The van der Waals surface area contributed by atoms with Gasteiger partial charge in [0.1, 0.15) is 11.6 Å². The van der Waals surface area contributed by atoms with Crippen LogP contribution in [0.1, 0.15) is 53.7 Å². The lowest BCUT2D eigenvalue weighted by Crippen LogP contribution is -2.36. The SMILES string of the molecule is Cc1ncc(CO)c(CN2CCc3nc(C(C)C)[nH]c(=O)c3C2)c1O. The summed E-state index contributed by atoms with van der Waals surface area (Å²) < 4.78 is 0. The summed E-state index contributed by atoms with van der Waals surface area (Å²) in [5, 5.41) is 19.8. The Morgan fingerprint density at radius 1 is 1.40 bits per heavy atom. The average Bonchev–Trinajstić information content (AvgIpc) is 2.59. The van der Waals surface area contributed by atoms with Crippen LogP contribution in [0.5, 0.6) is 5.75 Å². The molecule has 2 aromatic rings. The molecule has 0 aliphatic carbocycles. The molecule has 0 unspecified atom stereocenters. The average molecular weight is 344 g/mol. The molecule has 0 saturated heterocycles. The van der Waals surface area contributed by atoms with Crippen molar-refractivity contribution < 1.29 is 10.2 Å². The Bertz CT molecular complexity index is 845. The smallest absolute Gasteiger partial charge is 0.255 e. The summed E-state index contributed by atoms with van der Waals surface area (Å²) in [6, 6.07) is 0. The van der Waals surface area contributed by atoms with Gasteiger partial charge in [-0.25, -0.2) is 4.98 Å². The first-order valence-electron chi connectivity index (χ1n) is 8.52. The molecule has 0 radical (unpaired) electrons. The molecule has 0 amide bonds. The molecule has 7 nitrogen and oxygen atoms in total. The highest BCUT2D eigenvalue weighted by molar-refractivity contribution is 5.40. The molecule has 7 heteroatoms. The summed E-state index contributed by atoms with van der Waals surface area (Å²) >= 11 is 0. The minimum absolute atomic E-state index is 0.0871. The van der Waals surface area contributed by atoms with Crippen LogP contribution in [0.25, 0.3) is 0 Å². The van der Waals surface area contributed by atoms with Crippen molar-refractivity contribution in [3.8, 4) is 5.75 Å². The normalized spacial score (nSPS) is 14.8. The van der Waals surface area contributed by atoms with Crippen molar-refractivity contribution in [2.24, 2.45) is 0 Å². The van der Waals surface area contributed by atoms with Gasteiger partial charge in [-0.2, -0.15) is 0 Å². The Morgan fingerprint density at radius 2 is 2.16 bits per heavy atom. The van der Waals surface area contributed by atoms with Gasteiger partial charge in [0.25, 0.3) is 5.56 Å². The quantitative estimate of drug-likeness (QED) is 0.774. The standard InChI is InChI=1S/C18H24N4O3/c1-10(2)17-20-15-4-5-22(8-14(15)18(25)21-17)7-13-12(9-23)6-19-11(3)16(13)24/h6,10,23-24H,4-5,7-9H2,1-3H3,(H,20,21,25). The van der Waals surface area contributed by atoms with Crippen LogP contribution in [0, 0.1) is 6.92 Å². The van der Waals surface area contributed by atoms with Crippen LogP contribution in [0.15, 0.2) is 11.0 Å². The zero-order valence-corrected chi connectivity index (χ0v) is 14.8. The van der Waals surface area contributed by atoms with Gasteiger partial charge in [-0.15, -0.1) is 0 Å². The van der Waals surface area contributed by atoms with Crippen LogP contribution in [0.3, 0.4) is 0 Å². The molecule has 2 aromatic heterocycles. The number of aliphatic hydroxyl groups is 1. The summed E-state index contributed by atoms with van der Waals surface area (Å²) in [6.07, 6.45) is 2.28. The molecular weight excluding hydrogens is 320 g/mol. The van der Waals surface area contributed by atoms with Crippen LogP contribution >= 0.6 is 0 Å². The summed E-state index contributed by atoms with van der Waals surface area (Å²) in [6.45, 7) is 7.23. The van der Waals surface area contributed by atoms with Gasteiger partial charge in [0.2, 0.25) is 0 Å². The highest BCUT2D eigenvalue weighted by atomic mass is 16.3. The Hall–Kier alpha value is -2.25. The number of aromatic nitrogens is 3. The maximum absolute atomic E-state index is 12.4. The number of nitrogens with one attached hydrogen (secondary N) is 1. The number of hydrogen-bond donors (Lipinski definition) is 3. The van der Waals surface area contributed by atoms with E-state index in [1.165, 1.54) is 0 Å². The number of aliphatic hydroxyl groups excluding tert-OH is 1. The number of aromatic amines is 1. The Kier molecular flexibility index (Phi) is 4.87. The Balaban J connectivity index is 1.87. The van der Waals surface area contributed by atoms with Gasteiger partial charge in [-0.1, -0.05) is 13.8 Å². The first kappa shape index (κ1) is 17.6. The molecule has 0 aromatic carbocycles. The van der Waals surface area contributed by atoms with Crippen molar-refractivity contribution in [1.82, 2.24) is 19.9 Å². The topological polar surface area (TPSA) is 102 Å². The summed E-state index contributed by atoms with van der Waals surface area (Å²) in [4.78, 5) is 26.0. The number of rotatable bonds is 4. The molecule has 1 aliphatic heterocycles. The van der Waals surface area contributed by atoms with Crippen LogP contribution in [-0.2, 0) is 26.1 Å². The predicted octanol–water partition coefficient (Wildman–Crippen LogP) is 1.35. The number of hydrogen-bond acceptors (Lipinski definition) is 6. The number of fused-ring (bicyclic) bond motifs is 1. The molecule has 0 fully saturated rings. The largest absolute Gasteiger partial charge is 0.506 e.